The monoisotopic (exact) mass is 232 g/mol. The van der Waals surface area contributed by atoms with E-state index >= 15 is 0 Å². The first-order chi connectivity index (χ1) is 8.04. The second kappa shape index (κ2) is 4.22. The molecule has 0 spiro atoms. The highest BCUT2D eigenvalue weighted by molar-refractivity contribution is 5.64. The predicted molar refractivity (Wildman–Crippen MR) is 67.0 cm³/mol. The number of benzene rings is 1. The fourth-order valence-corrected chi connectivity index (χ4v) is 1.87. The lowest BCUT2D eigenvalue weighted by molar-refractivity contribution is 0.219. The van der Waals surface area contributed by atoms with Gasteiger partial charge in [-0.05, 0) is 5.56 Å². The van der Waals surface area contributed by atoms with Gasteiger partial charge in [0.05, 0.1) is 12.3 Å². The van der Waals surface area contributed by atoms with E-state index in [1.807, 2.05) is 38.1 Å². The Hall–Kier alpha value is -1.81. The molecule has 0 radical (unpaired) electrons. The van der Waals surface area contributed by atoms with Crippen molar-refractivity contribution in [3.63, 3.8) is 0 Å². The van der Waals surface area contributed by atoms with Gasteiger partial charge >= 0.3 is 5.69 Å². The lowest BCUT2D eigenvalue weighted by atomic mass is 9.82. The number of aromatic amines is 2. The number of rotatable bonds is 3. The smallest absolute Gasteiger partial charge is 0.323 e. The van der Waals surface area contributed by atoms with Crippen LogP contribution in [-0.4, -0.2) is 21.7 Å². The number of hydrogen-bond acceptors (Lipinski definition) is 2. The quantitative estimate of drug-likeness (QED) is 0.753. The van der Waals surface area contributed by atoms with Crippen LogP contribution in [0.5, 0.6) is 0 Å². The van der Waals surface area contributed by atoms with E-state index in [0.717, 1.165) is 16.8 Å². The second-order valence-corrected chi connectivity index (χ2v) is 4.74. The van der Waals surface area contributed by atoms with Crippen LogP contribution in [0.3, 0.4) is 0 Å². The van der Waals surface area contributed by atoms with Crippen LogP contribution in [0.25, 0.3) is 11.3 Å². The summed E-state index contributed by atoms with van der Waals surface area (Å²) in [4.78, 5) is 16.5. The summed E-state index contributed by atoms with van der Waals surface area (Å²) in [5.41, 5.74) is 2.12. The van der Waals surface area contributed by atoms with Gasteiger partial charge < -0.3 is 15.1 Å². The van der Waals surface area contributed by atoms with Crippen LogP contribution in [0.1, 0.15) is 19.4 Å². The predicted octanol–water partition coefficient (Wildman–Crippen LogP) is 1.64. The van der Waals surface area contributed by atoms with Gasteiger partial charge in [0, 0.05) is 17.2 Å². The van der Waals surface area contributed by atoms with Gasteiger partial charge in [-0.3, -0.25) is 0 Å². The summed E-state index contributed by atoms with van der Waals surface area (Å²) in [5, 5.41) is 9.44. The molecule has 17 heavy (non-hydrogen) atoms. The molecule has 0 saturated heterocycles. The molecule has 1 heterocycles. The van der Waals surface area contributed by atoms with E-state index in [9.17, 15) is 9.90 Å². The number of nitrogens with one attached hydrogen (secondary N) is 2. The summed E-state index contributed by atoms with van der Waals surface area (Å²) in [6.07, 6.45) is 1.65. The molecule has 0 amide bonds. The zero-order valence-electron chi connectivity index (χ0n) is 9.95. The van der Waals surface area contributed by atoms with Gasteiger partial charge in [0.1, 0.15) is 0 Å². The topological polar surface area (TPSA) is 68.9 Å². The van der Waals surface area contributed by atoms with E-state index in [1.54, 1.807) is 6.20 Å². The fourth-order valence-electron chi connectivity index (χ4n) is 1.87. The molecule has 2 aromatic rings. The van der Waals surface area contributed by atoms with Crippen LogP contribution in [0, 0.1) is 0 Å². The van der Waals surface area contributed by atoms with Crippen molar-refractivity contribution in [1.29, 1.82) is 0 Å². The molecule has 4 nitrogen and oxygen atoms in total. The van der Waals surface area contributed by atoms with E-state index in [4.69, 9.17) is 0 Å². The summed E-state index contributed by atoms with van der Waals surface area (Å²) in [5.74, 6) is 0. The average Bonchev–Trinajstić information content (AvgIpc) is 2.76. The molecule has 0 aliphatic heterocycles. The van der Waals surface area contributed by atoms with Gasteiger partial charge in [-0.1, -0.05) is 38.1 Å². The van der Waals surface area contributed by atoms with Crippen molar-refractivity contribution in [2.45, 2.75) is 19.3 Å². The molecule has 0 atom stereocenters. The van der Waals surface area contributed by atoms with Crippen molar-refractivity contribution in [1.82, 2.24) is 9.97 Å². The molecule has 0 aliphatic rings. The molecule has 0 unspecified atom stereocenters. The molecule has 0 bridgehead atoms. The van der Waals surface area contributed by atoms with Gasteiger partial charge in [0.25, 0.3) is 0 Å². The Bertz CT molecular complexity index is 567. The molecule has 1 aromatic heterocycles. The first-order valence-corrected chi connectivity index (χ1v) is 5.53. The molecular formula is C13H16N2O2. The third-order valence-electron chi connectivity index (χ3n) is 2.94. The fraction of sp³-hybridized carbons (Fsp3) is 0.308. The number of aliphatic hydroxyl groups is 1. The Labute approximate surface area is 99.3 Å². The maximum atomic E-state index is 11.1. The molecule has 4 heteroatoms. The molecule has 2 rings (SSSR count). The van der Waals surface area contributed by atoms with Crippen LogP contribution >= 0.6 is 0 Å². The number of H-pyrrole nitrogens is 2. The minimum atomic E-state index is -0.343. The van der Waals surface area contributed by atoms with E-state index in [-0.39, 0.29) is 17.7 Å². The number of aliphatic hydroxyl groups excluding tert-OH is 1. The van der Waals surface area contributed by atoms with E-state index in [2.05, 4.69) is 9.97 Å². The van der Waals surface area contributed by atoms with Crippen molar-refractivity contribution in [3.05, 3.63) is 46.5 Å². The highest BCUT2D eigenvalue weighted by Gasteiger charge is 2.23. The SMILES string of the molecule is CC(C)(CO)c1ccccc1-c1c[nH]c(=O)[nH]1. The molecule has 1 aromatic carbocycles. The molecular weight excluding hydrogens is 216 g/mol. The maximum Gasteiger partial charge on any atom is 0.323 e. The van der Waals surface area contributed by atoms with Crippen molar-refractivity contribution >= 4 is 0 Å². The van der Waals surface area contributed by atoms with Crippen LogP contribution in [-0.2, 0) is 5.41 Å². The van der Waals surface area contributed by atoms with E-state index in [0.29, 0.717) is 0 Å². The maximum absolute atomic E-state index is 11.1. The van der Waals surface area contributed by atoms with Crippen LogP contribution in [0.2, 0.25) is 0 Å². The summed E-state index contributed by atoms with van der Waals surface area (Å²) >= 11 is 0. The number of aromatic nitrogens is 2. The third kappa shape index (κ3) is 2.17. The summed E-state index contributed by atoms with van der Waals surface area (Å²) in [7, 11) is 0. The van der Waals surface area contributed by atoms with Crippen LogP contribution in [0.15, 0.2) is 35.3 Å². The minimum absolute atomic E-state index is 0.0542. The minimum Gasteiger partial charge on any atom is -0.395 e. The Morgan fingerprint density at radius 3 is 2.59 bits per heavy atom. The normalized spacial score (nSPS) is 11.7. The third-order valence-corrected chi connectivity index (χ3v) is 2.94. The zero-order valence-corrected chi connectivity index (χ0v) is 9.95. The van der Waals surface area contributed by atoms with Crippen molar-refractivity contribution in [3.8, 4) is 11.3 Å². The molecule has 90 valence electrons. The van der Waals surface area contributed by atoms with E-state index in [1.165, 1.54) is 0 Å². The lowest BCUT2D eigenvalue weighted by Crippen LogP contribution is -2.23. The Morgan fingerprint density at radius 2 is 2.00 bits per heavy atom. The van der Waals surface area contributed by atoms with Gasteiger partial charge in [0.2, 0.25) is 0 Å². The molecule has 0 fully saturated rings. The number of hydrogen-bond donors (Lipinski definition) is 3. The molecule has 0 aliphatic carbocycles. The Balaban J connectivity index is 2.59. The Kier molecular flexibility index (Phi) is 2.90. The van der Waals surface area contributed by atoms with Gasteiger partial charge in [-0.15, -0.1) is 0 Å². The molecule has 3 N–H and O–H groups in total. The van der Waals surface area contributed by atoms with Crippen LogP contribution < -0.4 is 5.69 Å². The number of imidazole rings is 1. The summed E-state index contributed by atoms with van der Waals surface area (Å²) in [6.45, 7) is 3.99. The first-order valence-electron chi connectivity index (χ1n) is 5.53. The van der Waals surface area contributed by atoms with E-state index < -0.39 is 0 Å². The molecule has 0 saturated carbocycles. The lowest BCUT2D eigenvalue weighted by Gasteiger charge is -2.24. The standard InChI is InChI=1S/C13H16N2O2/c1-13(2,8-16)10-6-4-3-5-9(10)11-7-14-12(17)15-11/h3-7,16H,8H2,1-2H3,(H2,14,15,17). The van der Waals surface area contributed by atoms with Crippen molar-refractivity contribution in [2.24, 2.45) is 0 Å². The van der Waals surface area contributed by atoms with Gasteiger partial charge in [-0.25, -0.2) is 4.79 Å². The average molecular weight is 232 g/mol. The van der Waals surface area contributed by atoms with Crippen molar-refractivity contribution < 1.29 is 5.11 Å². The van der Waals surface area contributed by atoms with Gasteiger partial charge in [-0.2, -0.15) is 0 Å². The van der Waals surface area contributed by atoms with Gasteiger partial charge in [0.15, 0.2) is 0 Å². The van der Waals surface area contributed by atoms with Crippen LogP contribution in [0.4, 0.5) is 0 Å². The second-order valence-electron chi connectivity index (χ2n) is 4.74. The Morgan fingerprint density at radius 1 is 1.29 bits per heavy atom. The highest BCUT2D eigenvalue weighted by atomic mass is 16.3. The van der Waals surface area contributed by atoms with Crippen molar-refractivity contribution in [2.75, 3.05) is 6.61 Å². The first kappa shape index (κ1) is 11.7. The summed E-state index contributed by atoms with van der Waals surface area (Å²) < 4.78 is 0. The zero-order chi connectivity index (χ0) is 12.5. The summed E-state index contributed by atoms with van der Waals surface area (Å²) in [6, 6.07) is 7.75. The highest BCUT2D eigenvalue weighted by Crippen LogP contribution is 2.31. The largest absolute Gasteiger partial charge is 0.395 e.